The van der Waals surface area contributed by atoms with Crippen LogP contribution in [0.25, 0.3) is 0 Å². The number of thiocarbonyl (C=S) groups is 1. The van der Waals surface area contributed by atoms with Gasteiger partial charge in [0.15, 0.2) is 5.11 Å². The largest absolute Gasteiger partial charge is 0.466 e. The predicted molar refractivity (Wildman–Crippen MR) is 77.0 cm³/mol. The molecule has 0 unspecified atom stereocenters. The Kier molecular flexibility index (Phi) is 4.76. The number of hydrogen-bond acceptors (Lipinski definition) is 5. The molecule has 6 nitrogen and oxygen atoms in total. The van der Waals surface area contributed by atoms with Gasteiger partial charge in [0.25, 0.3) is 5.72 Å². The molecule has 23 heavy (non-hydrogen) atoms. The maximum Gasteiger partial charge on any atom is 0.437 e. The standard InChI is InChI=1S/C13H14F3N3O3S/c1-2-22-10(20)8-9(7-4-3-5-17-6-7)18-11(23)19-12(8,21)13(14,15)16/h3-6,8-9,21H,2H2,1H3,(H2,18,19,23)/t8-,9+,12+/m1/s1. The minimum Gasteiger partial charge on any atom is -0.466 e. The number of esters is 1. The quantitative estimate of drug-likeness (QED) is 0.555. The number of ether oxygens (including phenoxy) is 1. The molecule has 1 fully saturated rings. The fourth-order valence-electron chi connectivity index (χ4n) is 2.37. The Labute approximate surface area is 135 Å². The first-order valence-electron chi connectivity index (χ1n) is 6.65. The van der Waals surface area contributed by atoms with Gasteiger partial charge in [-0.2, -0.15) is 13.2 Å². The first kappa shape index (κ1) is 17.4. The maximum atomic E-state index is 13.4. The van der Waals surface area contributed by atoms with Gasteiger partial charge >= 0.3 is 12.1 Å². The molecular formula is C13H14F3N3O3S. The van der Waals surface area contributed by atoms with Crippen molar-refractivity contribution in [3.05, 3.63) is 30.1 Å². The summed E-state index contributed by atoms with van der Waals surface area (Å²) in [5, 5.41) is 14.1. The van der Waals surface area contributed by atoms with E-state index in [0.717, 1.165) is 0 Å². The number of halogens is 3. The van der Waals surface area contributed by atoms with Crippen LogP contribution in [0.1, 0.15) is 18.5 Å². The lowest BCUT2D eigenvalue weighted by Gasteiger charge is -2.45. The maximum absolute atomic E-state index is 13.4. The predicted octanol–water partition coefficient (Wildman–Crippen LogP) is 1.03. The van der Waals surface area contributed by atoms with Gasteiger partial charge in [-0.15, -0.1) is 0 Å². The molecule has 3 N–H and O–H groups in total. The van der Waals surface area contributed by atoms with Gasteiger partial charge < -0.3 is 20.5 Å². The molecule has 0 spiro atoms. The summed E-state index contributed by atoms with van der Waals surface area (Å²) in [6.07, 6.45) is -2.44. The van der Waals surface area contributed by atoms with Crippen LogP contribution in [0, 0.1) is 5.92 Å². The van der Waals surface area contributed by atoms with E-state index in [-0.39, 0.29) is 12.2 Å². The smallest absolute Gasteiger partial charge is 0.437 e. The number of rotatable bonds is 3. The van der Waals surface area contributed by atoms with Gasteiger partial charge in [0.05, 0.1) is 12.6 Å². The first-order chi connectivity index (χ1) is 10.7. The van der Waals surface area contributed by atoms with Gasteiger partial charge in [0.2, 0.25) is 0 Å². The monoisotopic (exact) mass is 349 g/mol. The second-order valence-corrected chi connectivity index (χ2v) is 5.26. The SMILES string of the molecule is CCOC(=O)[C@H]1[C@H](c2cccnc2)NC(=S)N[C@@]1(O)C(F)(F)F. The topological polar surface area (TPSA) is 83.5 Å². The van der Waals surface area contributed by atoms with Crippen LogP contribution in [0.3, 0.4) is 0 Å². The Morgan fingerprint density at radius 3 is 2.78 bits per heavy atom. The average Bonchev–Trinajstić information content (AvgIpc) is 2.46. The molecule has 1 aromatic rings. The van der Waals surface area contributed by atoms with Crippen molar-refractivity contribution in [2.75, 3.05) is 6.61 Å². The molecule has 1 aliphatic rings. The number of hydrogen-bond donors (Lipinski definition) is 3. The van der Waals surface area contributed by atoms with Crippen LogP contribution < -0.4 is 10.6 Å². The summed E-state index contributed by atoms with van der Waals surface area (Å²) in [6.45, 7) is 1.32. The van der Waals surface area contributed by atoms with Gasteiger partial charge in [0, 0.05) is 12.4 Å². The molecule has 2 rings (SSSR count). The summed E-state index contributed by atoms with van der Waals surface area (Å²) in [5.41, 5.74) is -3.29. The normalized spacial score (nSPS) is 27.8. The molecule has 0 aromatic carbocycles. The lowest BCUT2D eigenvalue weighted by molar-refractivity contribution is -0.292. The van der Waals surface area contributed by atoms with Crippen LogP contribution in [-0.4, -0.2) is 39.7 Å². The summed E-state index contributed by atoms with van der Waals surface area (Å²) in [6, 6.07) is 1.72. The number of carbonyl (C=O) groups is 1. The van der Waals surface area contributed by atoms with Gasteiger partial charge in [-0.05, 0) is 30.8 Å². The summed E-state index contributed by atoms with van der Waals surface area (Å²) >= 11 is 4.75. The lowest BCUT2D eigenvalue weighted by atomic mass is 9.82. The number of aliphatic hydroxyl groups is 1. The number of aromatic nitrogens is 1. The third-order valence-electron chi connectivity index (χ3n) is 3.39. The third kappa shape index (κ3) is 3.22. The Hall–Kier alpha value is -1.94. The van der Waals surface area contributed by atoms with Crippen molar-refractivity contribution in [2.24, 2.45) is 5.92 Å². The molecule has 0 saturated carbocycles. The summed E-state index contributed by atoms with van der Waals surface area (Å²) in [4.78, 5) is 15.9. The van der Waals surface area contributed by atoms with E-state index in [0.29, 0.717) is 0 Å². The van der Waals surface area contributed by atoms with E-state index in [1.165, 1.54) is 31.5 Å². The molecule has 0 amide bonds. The van der Waals surface area contributed by atoms with E-state index in [1.54, 1.807) is 5.32 Å². The van der Waals surface area contributed by atoms with Crippen LogP contribution in [-0.2, 0) is 9.53 Å². The second-order valence-electron chi connectivity index (χ2n) is 4.86. The zero-order valence-corrected chi connectivity index (χ0v) is 12.7. The number of nitrogens with zero attached hydrogens (tertiary/aromatic N) is 1. The van der Waals surface area contributed by atoms with Gasteiger partial charge in [-0.25, -0.2) is 0 Å². The van der Waals surface area contributed by atoms with E-state index >= 15 is 0 Å². The highest BCUT2D eigenvalue weighted by molar-refractivity contribution is 7.80. The number of carbonyl (C=O) groups excluding carboxylic acids is 1. The van der Waals surface area contributed by atoms with Crippen LogP contribution in [0.2, 0.25) is 0 Å². The van der Waals surface area contributed by atoms with E-state index in [2.05, 4.69) is 10.3 Å². The Bertz CT molecular complexity index is 599. The Balaban J connectivity index is 2.54. The second kappa shape index (κ2) is 6.28. The van der Waals surface area contributed by atoms with Crippen molar-refractivity contribution < 1.29 is 27.8 Å². The van der Waals surface area contributed by atoms with Crippen molar-refractivity contribution in [3.63, 3.8) is 0 Å². The molecule has 1 aromatic heterocycles. The van der Waals surface area contributed by atoms with E-state index in [1.807, 2.05) is 0 Å². The Morgan fingerprint density at radius 1 is 1.57 bits per heavy atom. The number of nitrogens with one attached hydrogen (secondary N) is 2. The highest BCUT2D eigenvalue weighted by atomic mass is 32.1. The van der Waals surface area contributed by atoms with Crippen molar-refractivity contribution in [2.45, 2.75) is 24.9 Å². The molecule has 0 radical (unpaired) electrons. The molecule has 1 saturated heterocycles. The fourth-order valence-corrected chi connectivity index (χ4v) is 2.66. The van der Waals surface area contributed by atoms with Gasteiger partial charge in [-0.1, -0.05) is 6.07 Å². The molecule has 2 heterocycles. The summed E-state index contributed by atoms with van der Waals surface area (Å²) in [5.74, 6) is -3.21. The number of alkyl halides is 3. The van der Waals surface area contributed by atoms with Crippen LogP contribution >= 0.6 is 12.2 Å². The highest BCUT2D eigenvalue weighted by Gasteiger charge is 2.66. The van der Waals surface area contributed by atoms with Crippen molar-refractivity contribution in [1.82, 2.24) is 15.6 Å². The van der Waals surface area contributed by atoms with Gasteiger partial charge in [0.1, 0.15) is 5.92 Å². The zero-order valence-electron chi connectivity index (χ0n) is 11.9. The molecular weight excluding hydrogens is 335 g/mol. The van der Waals surface area contributed by atoms with Crippen molar-refractivity contribution in [3.8, 4) is 0 Å². The van der Waals surface area contributed by atoms with Gasteiger partial charge in [-0.3, -0.25) is 9.78 Å². The van der Waals surface area contributed by atoms with Crippen LogP contribution in [0.5, 0.6) is 0 Å². The lowest BCUT2D eigenvalue weighted by Crippen LogP contribution is -2.73. The molecule has 126 valence electrons. The average molecular weight is 349 g/mol. The van der Waals surface area contributed by atoms with E-state index in [9.17, 15) is 23.1 Å². The minimum absolute atomic E-state index is 0.131. The van der Waals surface area contributed by atoms with E-state index < -0.39 is 34.9 Å². The Morgan fingerprint density at radius 2 is 2.26 bits per heavy atom. The molecule has 0 bridgehead atoms. The van der Waals surface area contributed by atoms with Crippen molar-refractivity contribution >= 4 is 23.3 Å². The van der Waals surface area contributed by atoms with E-state index in [4.69, 9.17) is 17.0 Å². The summed E-state index contributed by atoms with van der Waals surface area (Å²) in [7, 11) is 0. The fraction of sp³-hybridized carbons (Fsp3) is 0.462. The molecule has 1 aliphatic heterocycles. The summed E-state index contributed by atoms with van der Waals surface area (Å²) < 4.78 is 45.0. The molecule has 3 atom stereocenters. The van der Waals surface area contributed by atoms with Crippen LogP contribution in [0.15, 0.2) is 24.5 Å². The molecule has 0 aliphatic carbocycles. The highest BCUT2D eigenvalue weighted by Crippen LogP contribution is 2.42. The first-order valence-corrected chi connectivity index (χ1v) is 7.06. The minimum atomic E-state index is -5.16. The van der Waals surface area contributed by atoms with Crippen molar-refractivity contribution in [1.29, 1.82) is 0 Å². The van der Waals surface area contributed by atoms with Crippen LogP contribution in [0.4, 0.5) is 13.2 Å². The zero-order chi connectivity index (χ0) is 17.3. The molecule has 10 heteroatoms. The third-order valence-corrected chi connectivity index (χ3v) is 3.61. The number of pyridine rings is 1.